The predicted molar refractivity (Wildman–Crippen MR) is 136 cm³/mol. The SMILES string of the molecule is CCOc1cc(/C=C(/C#N)c2ccc3ccccc3c2)cc(Cl)c1OCc1ccccc1Cl. The maximum absolute atomic E-state index is 9.83. The van der Waals surface area contributed by atoms with E-state index in [4.69, 9.17) is 32.7 Å². The Morgan fingerprint density at radius 3 is 2.39 bits per heavy atom. The summed E-state index contributed by atoms with van der Waals surface area (Å²) in [6, 6.07) is 27.4. The highest BCUT2D eigenvalue weighted by Gasteiger charge is 2.14. The minimum absolute atomic E-state index is 0.259. The van der Waals surface area contributed by atoms with Crippen LogP contribution in [0.5, 0.6) is 11.5 Å². The molecule has 0 saturated carbocycles. The molecule has 0 unspecified atom stereocenters. The minimum Gasteiger partial charge on any atom is -0.490 e. The van der Waals surface area contributed by atoms with Gasteiger partial charge in [0, 0.05) is 10.6 Å². The van der Waals surface area contributed by atoms with E-state index >= 15 is 0 Å². The summed E-state index contributed by atoms with van der Waals surface area (Å²) in [5.74, 6) is 0.957. The van der Waals surface area contributed by atoms with Crippen LogP contribution in [0.2, 0.25) is 10.0 Å². The molecule has 0 fully saturated rings. The number of nitriles is 1. The van der Waals surface area contributed by atoms with Gasteiger partial charge in [-0.1, -0.05) is 77.8 Å². The number of fused-ring (bicyclic) bond motifs is 1. The smallest absolute Gasteiger partial charge is 0.180 e. The van der Waals surface area contributed by atoms with Crippen molar-refractivity contribution in [3.63, 3.8) is 0 Å². The fourth-order valence-corrected chi connectivity index (χ4v) is 4.01. The Morgan fingerprint density at radius 1 is 0.879 bits per heavy atom. The first-order valence-corrected chi connectivity index (χ1v) is 11.3. The van der Waals surface area contributed by atoms with Gasteiger partial charge in [-0.25, -0.2) is 0 Å². The Labute approximate surface area is 203 Å². The third kappa shape index (κ3) is 5.31. The lowest BCUT2D eigenvalue weighted by atomic mass is 10.00. The molecule has 0 aliphatic carbocycles. The molecule has 4 aromatic rings. The lowest BCUT2D eigenvalue weighted by molar-refractivity contribution is 0.269. The summed E-state index contributed by atoms with van der Waals surface area (Å²) < 4.78 is 11.8. The van der Waals surface area contributed by atoms with Gasteiger partial charge in [0.2, 0.25) is 0 Å². The van der Waals surface area contributed by atoms with Crippen LogP contribution in [-0.2, 0) is 6.61 Å². The molecule has 164 valence electrons. The zero-order valence-electron chi connectivity index (χ0n) is 18.0. The van der Waals surface area contributed by atoms with E-state index in [1.54, 1.807) is 12.1 Å². The number of benzene rings is 4. The highest BCUT2D eigenvalue weighted by molar-refractivity contribution is 6.32. The van der Waals surface area contributed by atoms with Crippen molar-refractivity contribution in [1.29, 1.82) is 5.26 Å². The normalized spacial score (nSPS) is 11.3. The summed E-state index contributed by atoms with van der Waals surface area (Å²) in [5.41, 5.74) is 2.97. The van der Waals surface area contributed by atoms with E-state index in [1.165, 1.54) is 0 Å². The molecule has 0 N–H and O–H groups in total. The summed E-state index contributed by atoms with van der Waals surface area (Å²) in [4.78, 5) is 0. The van der Waals surface area contributed by atoms with Crippen LogP contribution >= 0.6 is 23.2 Å². The van der Waals surface area contributed by atoms with Gasteiger partial charge in [-0.05, 0) is 59.2 Å². The van der Waals surface area contributed by atoms with Crippen molar-refractivity contribution >= 4 is 45.6 Å². The standard InChI is InChI=1S/C28H21Cl2NO2/c1-2-32-27-15-19(14-26(30)28(27)33-18-23-9-5-6-10-25(23)29)13-24(17-31)22-12-11-20-7-3-4-8-21(20)16-22/h3-16H,2,18H2,1H3/b24-13-. The maximum atomic E-state index is 9.83. The van der Waals surface area contributed by atoms with E-state index in [0.29, 0.717) is 33.7 Å². The second-order valence-corrected chi connectivity index (χ2v) is 8.19. The molecule has 0 amide bonds. The molecule has 33 heavy (non-hydrogen) atoms. The highest BCUT2D eigenvalue weighted by Crippen LogP contribution is 2.38. The minimum atomic E-state index is 0.259. The third-order valence-electron chi connectivity index (χ3n) is 5.15. The Bertz CT molecular complexity index is 1370. The lowest BCUT2D eigenvalue weighted by Crippen LogP contribution is -2.01. The predicted octanol–water partition coefficient (Wildman–Crippen LogP) is 8.19. The molecule has 5 heteroatoms. The van der Waals surface area contributed by atoms with Gasteiger partial charge in [-0.2, -0.15) is 5.26 Å². The fraction of sp³-hybridized carbons (Fsp3) is 0.107. The summed E-state index contributed by atoms with van der Waals surface area (Å²) in [7, 11) is 0. The molecule has 4 aromatic carbocycles. The number of hydrogen-bond donors (Lipinski definition) is 0. The molecule has 4 rings (SSSR count). The summed E-state index contributed by atoms with van der Waals surface area (Å²) >= 11 is 12.8. The molecular weight excluding hydrogens is 453 g/mol. The molecule has 0 bridgehead atoms. The lowest BCUT2D eigenvalue weighted by Gasteiger charge is -2.15. The van der Waals surface area contributed by atoms with Gasteiger partial charge in [0.05, 0.1) is 23.3 Å². The molecular formula is C28H21Cl2NO2. The summed E-state index contributed by atoms with van der Waals surface area (Å²) in [6.07, 6.45) is 1.80. The first-order chi connectivity index (χ1) is 16.1. The van der Waals surface area contributed by atoms with Gasteiger partial charge in [0.25, 0.3) is 0 Å². The van der Waals surface area contributed by atoms with E-state index < -0.39 is 0 Å². The van der Waals surface area contributed by atoms with E-state index in [2.05, 4.69) is 6.07 Å². The van der Waals surface area contributed by atoms with Crippen LogP contribution in [0.15, 0.2) is 78.9 Å². The van der Waals surface area contributed by atoms with Crippen LogP contribution in [0.25, 0.3) is 22.4 Å². The molecule has 0 atom stereocenters. The Hall–Kier alpha value is -3.45. The number of allylic oxidation sites excluding steroid dienone is 1. The van der Waals surface area contributed by atoms with Crippen LogP contribution in [0.1, 0.15) is 23.6 Å². The molecule has 3 nitrogen and oxygen atoms in total. The van der Waals surface area contributed by atoms with Crippen molar-refractivity contribution in [2.24, 2.45) is 0 Å². The summed E-state index contributed by atoms with van der Waals surface area (Å²) in [5, 5.41) is 13.1. The van der Waals surface area contributed by atoms with Crippen LogP contribution in [0.3, 0.4) is 0 Å². The van der Waals surface area contributed by atoms with Crippen LogP contribution in [0.4, 0.5) is 0 Å². The fourth-order valence-electron chi connectivity index (χ4n) is 3.54. The van der Waals surface area contributed by atoms with Crippen molar-refractivity contribution in [3.05, 3.63) is 106 Å². The largest absolute Gasteiger partial charge is 0.490 e. The average molecular weight is 474 g/mol. The van der Waals surface area contributed by atoms with E-state index in [0.717, 1.165) is 27.5 Å². The molecule has 0 aliphatic heterocycles. The Morgan fingerprint density at radius 2 is 1.64 bits per heavy atom. The highest BCUT2D eigenvalue weighted by atomic mass is 35.5. The van der Waals surface area contributed by atoms with E-state index in [9.17, 15) is 5.26 Å². The molecule has 0 radical (unpaired) electrons. The van der Waals surface area contributed by atoms with E-state index in [-0.39, 0.29) is 6.61 Å². The Balaban J connectivity index is 1.67. The molecule has 0 spiro atoms. The van der Waals surface area contributed by atoms with Crippen molar-refractivity contribution in [3.8, 4) is 17.6 Å². The van der Waals surface area contributed by atoms with Crippen LogP contribution < -0.4 is 9.47 Å². The maximum Gasteiger partial charge on any atom is 0.180 e. The summed E-state index contributed by atoms with van der Waals surface area (Å²) in [6.45, 7) is 2.60. The topological polar surface area (TPSA) is 42.2 Å². The number of halogens is 2. The van der Waals surface area contributed by atoms with Gasteiger partial charge >= 0.3 is 0 Å². The third-order valence-corrected chi connectivity index (χ3v) is 5.80. The Kier molecular flexibility index (Phi) is 7.19. The van der Waals surface area contributed by atoms with Crippen LogP contribution in [-0.4, -0.2) is 6.61 Å². The number of ether oxygens (including phenoxy) is 2. The molecule has 0 heterocycles. The molecule has 0 aliphatic rings. The van der Waals surface area contributed by atoms with Gasteiger partial charge in [-0.15, -0.1) is 0 Å². The van der Waals surface area contributed by atoms with Crippen molar-refractivity contribution in [2.75, 3.05) is 6.61 Å². The second-order valence-electron chi connectivity index (χ2n) is 7.37. The zero-order valence-corrected chi connectivity index (χ0v) is 19.5. The number of nitrogens with zero attached hydrogens (tertiary/aromatic N) is 1. The first-order valence-electron chi connectivity index (χ1n) is 10.5. The van der Waals surface area contributed by atoms with E-state index in [1.807, 2.05) is 79.7 Å². The van der Waals surface area contributed by atoms with Crippen LogP contribution in [0, 0.1) is 11.3 Å². The van der Waals surface area contributed by atoms with Gasteiger partial charge in [0.1, 0.15) is 6.61 Å². The van der Waals surface area contributed by atoms with Gasteiger partial charge in [0.15, 0.2) is 11.5 Å². The monoisotopic (exact) mass is 473 g/mol. The molecule has 0 aromatic heterocycles. The van der Waals surface area contributed by atoms with Gasteiger partial charge < -0.3 is 9.47 Å². The van der Waals surface area contributed by atoms with Gasteiger partial charge in [-0.3, -0.25) is 0 Å². The zero-order chi connectivity index (χ0) is 23.2. The second kappa shape index (κ2) is 10.4. The van der Waals surface area contributed by atoms with Crippen molar-refractivity contribution < 1.29 is 9.47 Å². The average Bonchev–Trinajstić information content (AvgIpc) is 2.83. The number of rotatable bonds is 7. The van der Waals surface area contributed by atoms with Crippen molar-refractivity contribution in [1.82, 2.24) is 0 Å². The first kappa shape index (κ1) is 22.7. The quantitative estimate of drug-likeness (QED) is 0.200. The van der Waals surface area contributed by atoms with Crippen molar-refractivity contribution in [2.45, 2.75) is 13.5 Å². The number of hydrogen-bond acceptors (Lipinski definition) is 3. The molecule has 0 saturated heterocycles.